The Labute approximate surface area is 124 Å². The molecule has 0 heterocycles. The largest absolute Gasteiger partial charge is 0.465 e. The number of hydrogen-bond acceptors (Lipinski definition) is 4. The van der Waals surface area contributed by atoms with E-state index in [4.69, 9.17) is 16.3 Å². The van der Waals surface area contributed by atoms with Gasteiger partial charge in [-0.15, -0.1) is 11.6 Å². The van der Waals surface area contributed by atoms with E-state index in [1.807, 2.05) is 0 Å². The van der Waals surface area contributed by atoms with Crippen molar-refractivity contribution in [2.45, 2.75) is 18.2 Å². The summed E-state index contributed by atoms with van der Waals surface area (Å²) in [5.74, 6) is -0.0909. The van der Waals surface area contributed by atoms with Crippen LogP contribution >= 0.6 is 11.6 Å². The van der Waals surface area contributed by atoms with Crippen LogP contribution in [0, 0.1) is 0 Å². The van der Waals surface area contributed by atoms with E-state index in [-0.39, 0.29) is 18.0 Å². The summed E-state index contributed by atoms with van der Waals surface area (Å²) in [5, 5.41) is 0. The fourth-order valence-electron chi connectivity index (χ4n) is 1.59. The van der Waals surface area contributed by atoms with Crippen LogP contribution in [0.3, 0.4) is 0 Å². The molecule has 1 aromatic carbocycles. The first-order chi connectivity index (χ1) is 9.41. The number of esters is 1. The number of aryl methyl sites for hydroxylation is 1. The Morgan fingerprint density at radius 3 is 2.40 bits per heavy atom. The summed E-state index contributed by atoms with van der Waals surface area (Å²) in [6, 6.07) is 6.46. The Balaban J connectivity index is 2.84. The number of carbonyl (C=O) groups is 1. The Morgan fingerprint density at radius 1 is 1.30 bits per heavy atom. The van der Waals surface area contributed by atoms with E-state index in [0.717, 1.165) is 9.87 Å². The van der Waals surface area contributed by atoms with Crippen molar-refractivity contribution in [3.63, 3.8) is 0 Å². The number of ether oxygens (including phenoxy) is 1. The maximum Gasteiger partial charge on any atom is 0.321 e. The van der Waals surface area contributed by atoms with Crippen LogP contribution in [-0.4, -0.2) is 44.8 Å². The highest BCUT2D eigenvalue weighted by atomic mass is 35.5. The van der Waals surface area contributed by atoms with E-state index < -0.39 is 16.0 Å². The van der Waals surface area contributed by atoms with Crippen LogP contribution in [0.5, 0.6) is 0 Å². The average molecular weight is 320 g/mol. The Hall–Kier alpha value is -1.11. The minimum Gasteiger partial charge on any atom is -0.465 e. The van der Waals surface area contributed by atoms with Gasteiger partial charge in [-0.25, -0.2) is 8.42 Å². The van der Waals surface area contributed by atoms with Crippen LogP contribution in [0.1, 0.15) is 12.5 Å². The molecular weight excluding hydrogens is 302 g/mol. The smallest absolute Gasteiger partial charge is 0.321 e. The molecule has 0 radical (unpaired) electrons. The van der Waals surface area contributed by atoms with Crippen molar-refractivity contribution < 1.29 is 17.9 Å². The summed E-state index contributed by atoms with van der Waals surface area (Å²) < 4.78 is 30.2. The number of carbonyl (C=O) groups excluding carboxylic acids is 1. The number of halogens is 1. The molecule has 0 aliphatic rings. The molecule has 0 saturated carbocycles. The molecule has 0 N–H and O–H groups in total. The predicted octanol–water partition coefficient (Wildman–Crippen LogP) is 1.65. The number of likely N-dealkylation sites (N-methyl/N-ethyl adjacent to an activating group) is 1. The molecule has 5 nitrogen and oxygen atoms in total. The molecule has 20 heavy (non-hydrogen) atoms. The lowest BCUT2D eigenvalue weighted by Crippen LogP contribution is -2.33. The van der Waals surface area contributed by atoms with Crippen molar-refractivity contribution in [3.8, 4) is 0 Å². The lowest BCUT2D eigenvalue weighted by atomic mass is 10.2. The Morgan fingerprint density at radius 2 is 1.90 bits per heavy atom. The minimum atomic E-state index is -3.68. The second-order valence-corrected chi connectivity index (χ2v) is 6.57. The van der Waals surface area contributed by atoms with Gasteiger partial charge in [0.05, 0.1) is 11.5 Å². The summed E-state index contributed by atoms with van der Waals surface area (Å²) in [5.41, 5.74) is 0.965. The van der Waals surface area contributed by atoms with Crippen LogP contribution in [-0.2, 0) is 26.0 Å². The summed E-state index contributed by atoms with van der Waals surface area (Å²) in [6.45, 7) is 1.58. The zero-order valence-corrected chi connectivity index (χ0v) is 13.1. The van der Waals surface area contributed by atoms with Gasteiger partial charge in [-0.1, -0.05) is 12.1 Å². The molecule has 0 fully saturated rings. The van der Waals surface area contributed by atoms with E-state index >= 15 is 0 Å². The van der Waals surface area contributed by atoms with Gasteiger partial charge in [0.1, 0.15) is 6.54 Å². The number of alkyl halides is 1. The number of hydrogen-bond donors (Lipinski definition) is 0. The lowest BCUT2D eigenvalue weighted by molar-refractivity contribution is -0.143. The number of sulfonamides is 1. The molecule has 0 atom stereocenters. The number of rotatable bonds is 7. The third-order valence-corrected chi connectivity index (χ3v) is 4.68. The van der Waals surface area contributed by atoms with Gasteiger partial charge in [0.2, 0.25) is 10.0 Å². The molecule has 0 aliphatic carbocycles. The van der Waals surface area contributed by atoms with Crippen molar-refractivity contribution in [2.75, 3.05) is 26.1 Å². The highest BCUT2D eigenvalue weighted by Crippen LogP contribution is 2.15. The summed E-state index contributed by atoms with van der Waals surface area (Å²) in [7, 11) is -2.34. The number of nitrogens with zero attached hydrogens (tertiary/aromatic N) is 1. The van der Waals surface area contributed by atoms with E-state index in [0.29, 0.717) is 12.3 Å². The average Bonchev–Trinajstić information content (AvgIpc) is 2.40. The number of benzene rings is 1. The molecule has 1 aromatic rings. The van der Waals surface area contributed by atoms with Crippen molar-refractivity contribution in [1.29, 1.82) is 0 Å². The third kappa shape index (κ3) is 4.47. The van der Waals surface area contributed by atoms with Gasteiger partial charge in [-0.05, 0) is 31.0 Å². The molecule has 0 unspecified atom stereocenters. The van der Waals surface area contributed by atoms with Gasteiger partial charge in [-0.2, -0.15) is 4.31 Å². The molecule has 0 saturated heterocycles. The van der Waals surface area contributed by atoms with Crippen molar-refractivity contribution in [1.82, 2.24) is 4.31 Å². The fourth-order valence-corrected chi connectivity index (χ4v) is 2.92. The molecule has 1 rings (SSSR count). The van der Waals surface area contributed by atoms with Gasteiger partial charge >= 0.3 is 5.97 Å². The van der Waals surface area contributed by atoms with E-state index in [1.165, 1.54) is 19.2 Å². The quantitative estimate of drug-likeness (QED) is 0.566. The molecule has 0 aromatic heterocycles. The van der Waals surface area contributed by atoms with Crippen molar-refractivity contribution in [2.24, 2.45) is 0 Å². The molecule has 0 amide bonds. The summed E-state index contributed by atoms with van der Waals surface area (Å²) >= 11 is 5.63. The first-order valence-corrected chi connectivity index (χ1v) is 8.16. The molecular formula is C13H18ClNO4S. The molecule has 0 aliphatic heterocycles. The van der Waals surface area contributed by atoms with Crippen molar-refractivity contribution in [3.05, 3.63) is 29.8 Å². The predicted molar refractivity (Wildman–Crippen MR) is 77.3 cm³/mol. The maximum absolute atomic E-state index is 12.2. The van der Waals surface area contributed by atoms with Crippen LogP contribution in [0.4, 0.5) is 0 Å². The lowest BCUT2D eigenvalue weighted by Gasteiger charge is -2.16. The zero-order valence-electron chi connectivity index (χ0n) is 11.5. The van der Waals surface area contributed by atoms with Gasteiger partial charge < -0.3 is 4.74 Å². The van der Waals surface area contributed by atoms with E-state index in [1.54, 1.807) is 19.1 Å². The van der Waals surface area contributed by atoms with Gasteiger partial charge in [-0.3, -0.25) is 4.79 Å². The van der Waals surface area contributed by atoms with E-state index in [2.05, 4.69) is 0 Å². The highest BCUT2D eigenvalue weighted by molar-refractivity contribution is 7.89. The monoisotopic (exact) mass is 319 g/mol. The topological polar surface area (TPSA) is 63.7 Å². The molecule has 7 heteroatoms. The summed E-state index contributed by atoms with van der Waals surface area (Å²) in [6.07, 6.45) is 0.681. The highest BCUT2D eigenvalue weighted by Gasteiger charge is 2.23. The molecule has 0 bridgehead atoms. The summed E-state index contributed by atoms with van der Waals surface area (Å²) in [4.78, 5) is 11.5. The van der Waals surface area contributed by atoms with Crippen LogP contribution < -0.4 is 0 Å². The third-order valence-electron chi connectivity index (χ3n) is 2.67. The van der Waals surface area contributed by atoms with Crippen LogP contribution in [0.15, 0.2) is 29.2 Å². The minimum absolute atomic E-state index is 0.141. The normalized spacial score (nSPS) is 11.6. The standard InChI is InChI=1S/C13H18ClNO4S/c1-3-19-13(16)10-15(2)20(17,18)12-6-4-11(5-7-12)8-9-14/h4-7H,3,8-10H2,1-2H3. The van der Waals surface area contributed by atoms with Gasteiger partial charge in [0.25, 0.3) is 0 Å². The fraction of sp³-hybridized carbons (Fsp3) is 0.462. The van der Waals surface area contributed by atoms with E-state index in [9.17, 15) is 13.2 Å². The molecule has 112 valence electrons. The molecule has 0 spiro atoms. The van der Waals surface area contributed by atoms with Crippen LogP contribution in [0.2, 0.25) is 0 Å². The van der Waals surface area contributed by atoms with Crippen molar-refractivity contribution >= 4 is 27.6 Å². The second kappa shape index (κ2) is 7.61. The van der Waals surface area contributed by atoms with Crippen LogP contribution in [0.25, 0.3) is 0 Å². The zero-order chi connectivity index (χ0) is 15.2. The first kappa shape index (κ1) is 16.9. The SMILES string of the molecule is CCOC(=O)CN(C)S(=O)(=O)c1ccc(CCCl)cc1. The first-order valence-electron chi connectivity index (χ1n) is 6.18. The maximum atomic E-state index is 12.2. The Kier molecular flexibility index (Phi) is 6.45. The second-order valence-electron chi connectivity index (χ2n) is 4.15. The van der Waals surface area contributed by atoms with Gasteiger partial charge in [0, 0.05) is 12.9 Å². The van der Waals surface area contributed by atoms with Gasteiger partial charge in [0.15, 0.2) is 0 Å². The Bertz CT molecular complexity index is 542.